The van der Waals surface area contributed by atoms with E-state index in [0.29, 0.717) is 5.92 Å². The molecule has 3 heteroatoms. The number of amides is 1. The second-order valence-corrected chi connectivity index (χ2v) is 7.27. The summed E-state index contributed by atoms with van der Waals surface area (Å²) in [5.41, 5.74) is 2.21. The van der Waals surface area contributed by atoms with Crippen molar-refractivity contribution in [3.05, 3.63) is 72.3 Å². The van der Waals surface area contributed by atoms with Gasteiger partial charge in [-0.15, -0.1) is 0 Å². The zero-order valence-corrected chi connectivity index (χ0v) is 15.5. The van der Waals surface area contributed by atoms with Crippen molar-refractivity contribution in [3.63, 3.8) is 0 Å². The topological polar surface area (TPSA) is 38.3 Å². The normalized spacial score (nSPS) is 14.8. The van der Waals surface area contributed by atoms with Crippen LogP contribution < -0.4 is 10.1 Å². The number of hydrogen-bond donors (Lipinski definition) is 1. The minimum atomic E-state index is -0.150. The summed E-state index contributed by atoms with van der Waals surface area (Å²) >= 11 is 0. The quantitative estimate of drug-likeness (QED) is 0.615. The molecule has 4 rings (SSSR count). The van der Waals surface area contributed by atoms with Crippen molar-refractivity contribution in [2.45, 2.75) is 38.0 Å². The lowest BCUT2D eigenvalue weighted by Gasteiger charge is -2.22. The first-order valence-electron chi connectivity index (χ1n) is 9.80. The van der Waals surface area contributed by atoms with Gasteiger partial charge in [-0.1, -0.05) is 67.8 Å². The monoisotopic (exact) mass is 359 g/mol. The van der Waals surface area contributed by atoms with Crippen LogP contribution in [0.2, 0.25) is 0 Å². The van der Waals surface area contributed by atoms with Crippen LogP contribution in [0.15, 0.2) is 66.7 Å². The Kier molecular flexibility index (Phi) is 5.38. The molecule has 0 aromatic heterocycles. The van der Waals surface area contributed by atoms with Gasteiger partial charge >= 0.3 is 0 Å². The van der Waals surface area contributed by atoms with Gasteiger partial charge in [0.25, 0.3) is 5.91 Å². The van der Waals surface area contributed by atoms with E-state index in [0.717, 1.165) is 22.2 Å². The smallest absolute Gasteiger partial charge is 0.262 e. The average Bonchev–Trinajstić information content (AvgIpc) is 2.74. The van der Waals surface area contributed by atoms with E-state index in [-0.39, 0.29) is 12.5 Å². The third-order valence-corrected chi connectivity index (χ3v) is 5.39. The zero-order chi connectivity index (χ0) is 18.5. The number of anilines is 1. The van der Waals surface area contributed by atoms with Gasteiger partial charge in [-0.3, -0.25) is 4.79 Å². The largest absolute Gasteiger partial charge is 0.484 e. The van der Waals surface area contributed by atoms with E-state index in [1.54, 1.807) is 0 Å². The van der Waals surface area contributed by atoms with Crippen molar-refractivity contribution in [3.8, 4) is 5.75 Å². The van der Waals surface area contributed by atoms with Crippen molar-refractivity contribution in [1.29, 1.82) is 0 Å². The Hall–Kier alpha value is -2.81. The fourth-order valence-electron chi connectivity index (χ4n) is 3.94. The van der Waals surface area contributed by atoms with Crippen LogP contribution in [0.3, 0.4) is 0 Å². The number of rotatable bonds is 5. The standard InChI is InChI=1S/C24H25NO2/c26-24(25-23-12-6-10-20-9-4-5-11-22(20)23)17-27-21-15-13-19(14-16-21)18-7-2-1-3-8-18/h4-6,9-16,18H,1-3,7-8,17H2,(H,25,26). The van der Waals surface area contributed by atoms with E-state index in [9.17, 15) is 4.79 Å². The number of fused-ring (bicyclic) bond motifs is 1. The van der Waals surface area contributed by atoms with Crippen LogP contribution >= 0.6 is 0 Å². The highest BCUT2D eigenvalue weighted by molar-refractivity contribution is 6.02. The van der Waals surface area contributed by atoms with Gasteiger partial charge in [0.2, 0.25) is 0 Å². The third-order valence-electron chi connectivity index (χ3n) is 5.39. The molecule has 3 aromatic carbocycles. The lowest BCUT2D eigenvalue weighted by molar-refractivity contribution is -0.118. The SMILES string of the molecule is O=C(COc1ccc(C2CCCCC2)cc1)Nc1cccc2ccccc12. The molecule has 1 aliphatic rings. The van der Waals surface area contributed by atoms with Crippen LogP contribution in [-0.2, 0) is 4.79 Å². The van der Waals surface area contributed by atoms with Crippen LogP contribution in [0.1, 0.15) is 43.6 Å². The van der Waals surface area contributed by atoms with E-state index in [4.69, 9.17) is 4.74 Å². The summed E-state index contributed by atoms with van der Waals surface area (Å²) in [5.74, 6) is 1.27. The molecule has 0 aliphatic heterocycles. The van der Waals surface area contributed by atoms with Gasteiger partial charge in [0.15, 0.2) is 6.61 Å². The van der Waals surface area contributed by atoms with Gasteiger partial charge in [-0.25, -0.2) is 0 Å². The molecular weight excluding hydrogens is 334 g/mol. The van der Waals surface area contributed by atoms with Crippen LogP contribution in [0.4, 0.5) is 5.69 Å². The number of ether oxygens (including phenoxy) is 1. The summed E-state index contributed by atoms with van der Waals surface area (Å²) in [4.78, 5) is 12.3. The van der Waals surface area contributed by atoms with E-state index < -0.39 is 0 Å². The van der Waals surface area contributed by atoms with Crippen LogP contribution in [-0.4, -0.2) is 12.5 Å². The molecule has 0 heterocycles. The molecule has 0 spiro atoms. The Balaban J connectivity index is 1.35. The highest BCUT2D eigenvalue weighted by Crippen LogP contribution is 2.33. The maximum absolute atomic E-state index is 12.3. The highest BCUT2D eigenvalue weighted by atomic mass is 16.5. The van der Waals surface area contributed by atoms with E-state index in [1.165, 1.54) is 37.7 Å². The summed E-state index contributed by atoms with van der Waals surface area (Å²) in [6.07, 6.45) is 6.60. The Morgan fingerprint density at radius 3 is 2.44 bits per heavy atom. The third kappa shape index (κ3) is 4.30. The molecule has 1 amide bonds. The lowest BCUT2D eigenvalue weighted by Crippen LogP contribution is -2.20. The van der Waals surface area contributed by atoms with Crippen molar-refractivity contribution < 1.29 is 9.53 Å². The Labute approximate surface area is 160 Å². The molecule has 27 heavy (non-hydrogen) atoms. The second-order valence-electron chi connectivity index (χ2n) is 7.27. The lowest BCUT2D eigenvalue weighted by atomic mass is 9.84. The van der Waals surface area contributed by atoms with Gasteiger partial charge in [-0.2, -0.15) is 0 Å². The van der Waals surface area contributed by atoms with Crippen molar-refractivity contribution >= 4 is 22.4 Å². The number of carbonyl (C=O) groups is 1. The maximum atomic E-state index is 12.3. The van der Waals surface area contributed by atoms with Crippen molar-refractivity contribution in [2.75, 3.05) is 11.9 Å². The minimum Gasteiger partial charge on any atom is -0.484 e. The zero-order valence-electron chi connectivity index (χ0n) is 15.5. The molecule has 1 N–H and O–H groups in total. The first-order chi connectivity index (χ1) is 13.3. The Bertz CT molecular complexity index is 906. The van der Waals surface area contributed by atoms with Crippen molar-refractivity contribution in [2.24, 2.45) is 0 Å². The predicted molar refractivity (Wildman–Crippen MR) is 110 cm³/mol. The van der Waals surface area contributed by atoms with E-state index >= 15 is 0 Å². The van der Waals surface area contributed by atoms with Crippen LogP contribution in [0, 0.1) is 0 Å². The molecule has 0 saturated heterocycles. The molecule has 1 saturated carbocycles. The fraction of sp³-hybridized carbons (Fsp3) is 0.292. The Morgan fingerprint density at radius 2 is 1.63 bits per heavy atom. The molecule has 1 fully saturated rings. The number of carbonyl (C=O) groups excluding carboxylic acids is 1. The molecule has 0 radical (unpaired) electrons. The van der Waals surface area contributed by atoms with Gasteiger partial charge in [-0.05, 0) is 47.9 Å². The predicted octanol–water partition coefficient (Wildman–Crippen LogP) is 5.91. The first kappa shape index (κ1) is 17.6. The molecule has 0 bridgehead atoms. The second kappa shape index (κ2) is 8.26. The van der Waals surface area contributed by atoms with Crippen molar-refractivity contribution in [1.82, 2.24) is 0 Å². The molecule has 0 atom stereocenters. The molecular formula is C24H25NO2. The summed E-state index contributed by atoms with van der Waals surface area (Å²) in [6, 6.07) is 22.2. The average molecular weight is 359 g/mol. The van der Waals surface area contributed by atoms with Gasteiger partial charge in [0.1, 0.15) is 5.75 Å². The van der Waals surface area contributed by atoms with Gasteiger partial charge < -0.3 is 10.1 Å². The highest BCUT2D eigenvalue weighted by Gasteiger charge is 2.15. The van der Waals surface area contributed by atoms with Crippen LogP contribution in [0.25, 0.3) is 10.8 Å². The fourth-order valence-corrected chi connectivity index (χ4v) is 3.94. The van der Waals surface area contributed by atoms with Gasteiger partial charge in [0.05, 0.1) is 0 Å². The summed E-state index contributed by atoms with van der Waals surface area (Å²) < 4.78 is 5.68. The molecule has 3 nitrogen and oxygen atoms in total. The first-order valence-corrected chi connectivity index (χ1v) is 9.80. The Morgan fingerprint density at radius 1 is 0.889 bits per heavy atom. The summed E-state index contributed by atoms with van der Waals surface area (Å²) in [6.45, 7) is 0.00595. The molecule has 3 aromatic rings. The number of benzene rings is 3. The van der Waals surface area contributed by atoms with E-state index in [1.807, 2.05) is 54.6 Å². The molecule has 0 unspecified atom stereocenters. The molecule has 138 valence electrons. The maximum Gasteiger partial charge on any atom is 0.262 e. The van der Waals surface area contributed by atoms with E-state index in [2.05, 4.69) is 17.4 Å². The minimum absolute atomic E-state index is 0.00595. The van der Waals surface area contributed by atoms with Gasteiger partial charge in [0, 0.05) is 11.1 Å². The summed E-state index contributed by atoms with van der Waals surface area (Å²) in [5, 5.41) is 5.09. The number of hydrogen-bond acceptors (Lipinski definition) is 2. The van der Waals surface area contributed by atoms with Crippen LogP contribution in [0.5, 0.6) is 5.75 Å². The summed E-state index contributed by atoms with van der Waals surface area (Å²) in [7, 11) is 0. The number of nitrogens with one attached hydrogen (secondary N) is 1. The molecule has 1 aliphatic carbocycles.